The predicted molar refractivity (Wildman–Crippen MR) is 105 cm³/mol. The molecule has 1 heterocycles. The highest BCUT2D eigenvalue weighted by Gasteiger charge is 2.26. The number of amides is 2. The zero-order valence-corrected chi connectivity index (χ0v) is 16.1. The molecule has 8 nitrogen and oxygen atoms in total. The van der Waals surface area contributed by atoms with Gasteiger partial charge in [-0.3, -0.25) is 9.59 Å². The Hall–Kier alpha value is -3.55. The Bertz CT molecular complexity index is 897. The Labute approximate surface area is 168 Å². The number of hydrogen-bond acceptors (Lipinski definition) is 6. The van der Waals surface area contributed by atoms with E-state index in [-0.39, 0.29) is 18.6 Å². The van der Waals surface area contributed by atoms with E-state index in [9.17, 15) is 14.4 Å². The molecular weight excluding hydrogens is 376 g/mol. The number of ether oxygens (including phenoxy) is 3. The standard InChI is InChI=1S/C21H22N2O6/c1-13(2)19(23-20(25)14-6-4-3-5-7-14)21(26)27-11-18(24)22-15-8-9-16-17(10-15)29-12-28-16/h3-10,13,19H,11-12H2,1-2H3,(H,22,24)(H,23,25)/t19-/m1/s1. The molecule has 0 aromatic heterocycles. The molecule has 0 saturated heterocycles. The van der Waals surface area contributed by atoms with Gasteiger partial charge in [0.05, 0.1) is 0 Å². The van der Waals surface area contributed by atoms with E-state index >= 15 is 0 Å². The maximum absolute atomic E-state index is 12.4. The molecule has 0 spiro atoms. The number of benzene rings is 2. The molecule has 1 aliphatic rings. The van der Waals surface area contributed by atoms with Crippen LogP contribution in [0.4, 0.5) is 5.69 Å². The van der Waals surface area contributed by atoms with Crippen molar-refractivity contribution in [2.45, 2.75) is 19.9 Å². The van der Waals surface area contributed by atoms with Gasteiger partial charge in [0, 0.05) is 17.3 Å². The van der Waals surface area contributed by atoms with Crippen molar-refractivity contribution in [3.05, 3.63) is 54.1 Å². The van der Waals surface area contributed by atoms with Gasteiger partial charge in [0.25, 0.3) is 11.8 Å². The summed E-state index contributed by atoms with van der Waals surface area (Å²) in [5.74, 6) is -0.649. The van der Waals surface area contributed by atoms with E-state index in [1.165, 1.54) is 0 Å². The summed E-state index contributed by atoms with van der Waals surface area (Å²) in [6.45, 7) is 3.22. The van der Waals surface area contributed by atoms with Crippen LogP contribution in [0.25, 0.3) is 0 Å². The second-order valence-corrected chi connectivity index (χ2v) is 6.79. The fraction of sp³-hybridized carbons (Fsp3) is 0.286. The maximum Gasteiger partial charge on any atom is 0.329 e. The van der Waals surface area contributed by atoms with E-state index < -0.39 is 24.5 Å². The molecule has 1 atom stereocenters. The lowest BCUT2D eigenvalue weighted by Crippen LogP contribution is -2.45. The number of esters is 1. The van der Waals surface area contributed by atoms with Gasteiger partial charge in [-0.1, -0.05) is 32.0 Å². The first kappa shape index (κ1) is 20.2. The first-order valence-electron chi connectivity index (χ1n) is 9.16. The summed E-state index contributed by atoms with van der Waals surface area (Å²) >= 11 is 0. The van der Waals surface area contributed by atoms with Gasteiger partial charge in [0.15, 0.2) is 18.1 Å². The average Bonchev–Trinajstić information content (AvgIpc) is 3.18. The van der Waals surface area contributed by atoms with Crippen LogP contribution in [0.3, 0.4) is 0 Å². The summed E-state index contributed by atoms with van der Waals surface area (Å²) in [7, 11) is 0. The SMILES string of the molecule is CC(C)[C@@H](NC(=O)c1ccccc1)C(=O)OCC(=O)Nc1ccc2c(c1)OCO2. The minimum absolute atomic E-state index is 0.135. The molecule has 3 rings (SSSR count). The second kappa shape index (κ2) is 9.09. The fourth-order valence-electron chi connectivity index (χ4n) is 2.71. The summed E-state index contributed by atoms with van der Waals surface area (Å²) in [6, 6.07) is 12.6. The van der Waals surface area contributed by atoms with E-state index in [1.54, 1.807) is 62.4 Å². The van der Waals surface area contributed by atoms with Crippen LogP contribution in [-0.2, 0) is 14.3 Å². The molecule has 0 unspecified atom stereocenters. The van der Waals surface area contributed by atoms with Gasteiger partial charge in [-0.25, -0.2) is 4.79 Å². The minimum Gasteiger partial charge on any atom is -0.454 e. The molecule has 2 amide bonds. The lowest BCUT2D eigenvalue weighted by atomic mass is 10.0. The number of anilines is 1. The van der Waals surface area contributed by atoms with Gasteiger partial charge in [-0.2, -0.15) is 0 Å². The van der Waals surface area contributed by atoms with Crippen molar-refractivity contribution in [1.82, 2.24) is 5.32 Å². The third-order valence-electron chi connectivity index (χ3n) is 4.25. The summed E-state index contributed by atoms with van der Waals surface area (Å²) < 4.78 is 15.6. The minimum atomic E-state index is -0.874. The molecule has 2 aromatic rings. The van der Waals surface area contributed by atoms with Crippen molar-refractivity contribution < 1.29 is 28.6 Å². The van der Waals surface area contributed by atoms with Gasteiger partial charge in [-0.05, 0) is 30.2 Å². The topological polar surface area (TPSA) is 103 Å². The largest absolute Gasteiger partial charge is 0.454 e. The third-order valence-corrected chi connectivity index (χ3v) is 4.25. The fourth-order valence-corrected chi connectivity index (χ4v) is 2.71. The van der Waals surface area contributed by atoms with Crippen LogP contribution >= 0.6 is 0 Å². The van der Waals surface area contributed by atoms with Crippen molar-refractivity contribution in [2.75, 3.05) is 18.7 Å². The number of carbonyl (C=O) groups excluding carboxylic acids is 3. The highest BCUT2D eigenvalue weighted by atomic mass is 16.7. The summed E-state index contributed by atoms with van der Waals surface area (Å²) in [5.41, 5.74) is 0.930. The van der Waals surface area contributed by atoms with E-state index in [0.29, 0.717) is 22.7 Å². The van der Waals surface area contributed by atoms with Crippen LogP contribution in [0.1, 0.15) is 24.2 Å². The molecule has 2 aromatic carbocycles. The van der Waals surface area contributed by atoms with Gasteiger partial charge in [-0.15, -0.1) is 0 Å². The molecule has 2 N–H and O–H groups in total. The summed E-state index contributed by atoms with van der Waals surface area (Å²) in [6.07, 6.45) is 0. The van der Waals surface area contributed by atoms with Crippen LogP contribution in [0.5, 0.6) is 11.5 Å². The van der Waals surface area contributed by atoms with Crippen molar-refractivity contribution in [3.8, 4) is 11.5 Å². The Morgan fingerprint density at radius 2 is 1.76 bits per heavy atom. The Morgan fingerprint density at radius 3 is 2.48 bits per heavy atom. The van der Waals surface area contributed by atoms with Crippen molar-refractivity contribution in [3.63, 3.8) is 0 Å². The van der Waals surface area contributed by atoms with Crippen LogP contribution in [0, 0.1) is 5.92 Å². The number of carbonyl (C=O) groups is 3. The Balaban J connectivity index is 1.53. The summed E-state index contributed by atoms with van der Waals surface area (Å²) in [5, 5.41) is 5.28. The van der Waals surface area contributed by atoms with Gasteiger partial charge >= 0.3 is 5.97 Å². The summed E-state index contributed by atoms with van der Waals surface area (Å²) in [4.78, 5) is 36.8. The maximum atomic E-state index is 12.4. The lowest BCUT2D eigenvalue weighted by molar-refractivity contribution is -0.150. The quantitative estimate of drug-likeness (QED) is 0.694. The lowest BCUT2D eigenvalue weighted by Gasteiger charge is -2.20. The molecule has 1 aliphatic heterocycles. The van der Waals surface area contributed by atoms with Gasteiger partial charge in [0.1, 0.15) is 6.04 Å². The number of hydrogen-bond donors (Lipinski definition) is 2. The molecule has 0 radical (unpaired) electrons. The van der Waals surface area contributed by atoms with Crippen molar-refractivity contribution in [1.29, 1.82) is 0 Å². The Morgan fingerprint density at radius 1 is 1.03 bits per heavy atom. The molecule has 8 heteroatoms. The zero-order chi connectivity index (χ0) is 20.8. The number of fused-ring (bicyclic) bond motifs is 1. The van der Waals surface area contributed by atoms with Crippen LogP contribution in [0.2, 0.25) is 0 Å². The van der Waals surface area contributed by atoms with Crippen LogP contribution in [-0.4, -0.2) is 37.2 Å². The van der Waals surface area contributed by atoms with Gasteiger partial charge in [0.2, 0.25) is 6.79 Å². The van der Waals surface area contributed by atoms with Crippen molar-refractivity contribution in [2.24, 2.45) is 5.92 Å². The van der Waals surface area contributed by atoms with Crippen LogP contribution in [0.15, 0.2) is 48.5 Å². The first-order valence-corrected chi connectivity index (χ1v) is 9.16. The first-order chi connectivity index (χ1) is 13.9. The molecular formula is C21H22N2O6. The van der Waals surface area contributed by atoms with E-state index in [1.807, 2.05) is 0 Å². The zero-order valence-electron chi connectivity index (χ0n) is 16.1. The van der Waals surface area contributed by atoms with E-state index in [0.717, 1.165) is 0 Å². The number of nitrogens with one attached hydrogen (secondary N) is 2. The Kier molecular flexibility index (Phi) is 6.33. The third kappa shape index (κ3) is 5.25. The molecule has 0 aliphatic carbocycles. The normalized spacial score (nSPS) is 12.9. The van der Waals surface area contributed by atoms with Crippen LogP contribution < -0.4 is 20.1 Å². The van der Waals surface area contributed by atoms with E-state index in [2.05, 4.69) is 10.6 Å². The predicted octanol–water partition coefficient (Wildman–Crippen LogP) is 2.35. The van der Waals surface area contributed by atoms with E-state index in [4.69, 9.17) is 14.2 Å². The highest BCUT2D eigenvalue weighted by Crippen LogP contribution is 2.34. The molecule has 0 saturated carbocycles. The molecule has 0 bridgehead atoms. The molecule has 29 heavy (non-hydrogen) atoms. The number of rotatable bonds is 7. The average molecular weight is 398 g/mol. The second-order valence-electron chi connectivity index (χ2n) is 6.79. The molecule has 152 valence electrons. The highest BCUT2D eigenvalue weighted by molar-refractivity contribution is 5.97. The molecule has 0 fully saturated rings. The monoisotopic (exact) mass is 398 g/mol. The van der Waals surface area contributed by atoms with Crippen molar-refractivity contribution >= 4 is 23.5 Å². The smallest absolute Gasteiger partial charge is 0.329 e. The van der Waals surface area contributed by atoms with Gasteiger partial charge < -0.3 is 24.8 Å².